The molecule has 1 heterocycles. The second-order valence-electron chi connectivity index (χ2n) is 9.07. The number of carbonyl (C=O) groups excluding carboxylic acids is 2. The molecule has 1 aromatic heterocycles. The van der Waals surface area contributed by atoms with E-state index in [9.17, 15) is 18.0 Å². The van der Waals surface area contributed by atoms with Crippen LogP contribution in [0.3, 0.4) is 0 Å². The average Bonchev–Trinajstić information content (AvgIpc) is 3.44. The van der Waals surface area contributed by atoms with E-state index in [-0.39, 0.29) is 52.0 Å². The highest BCUT2D eigenvalue weighted by atomic mass is 35.5. The Morgan fingerprint density at radius 2 is 1.66 bits per heavy atom. The Hall–Kier alpha value is -3.50. The van der Waals surface area contributed by atoms with Gasteiger partial charge in [-0.05, 0) is 78.2 Å². The van der Waals surface area contributed by atoms with E-state index in [0.717, 1.165) is 0 Å². The highest BCUT2D eigenvalue weighted by molar-refractivity contribution is 7.92. The van der Waals surface area contributed by atoms with Gasteiger partial charge in [0.2, 0.25) is 5.91 Å². The van der Waals surface area contributed by atoms with Crippen LogP contribution in [0, 0.1) is 0 Å². The Labute approximate surface area is 253 Å². The molecule has 0 radical (unpaired) electrons. The van der Waals surface area contributed by atoms with Crippen molar-refractivity contribution < 1.29 is 22.4 Å². The van der Waals surface area contributed by atoms with Crippen molar-refractivity contribution >= 4 is 68.0 Å². The number of hydrogen-bond acceptors (Lipinski definition) is 5. The Morgan fingerprint density at radius 3 is 2.34 bits per heavy atom. The minimum atomic E-state index is -4.09. The molecule has 4 aromatic rings. The van der Waals surface area contributed by atoms with E-state index in [1.54, 1.807) is 48.5 Å². The molecule has 0 atom stereocenters. The van der Waals surface area contributed by atoms with Crippen molar-refractivity contribution in [3.05, 3.63) is 112 Å². The normalized spacial score (nSPS) is 11.2. The molecule has 0 saturated heterocycles. The topological polar surface area (TPSA) is 109 Å². The number of sulfonamides is 1. The van der Waals surface area contributed by atoms with Crippen LogP contribution in [-0.2, 0) is 34.3 Å². The van der Waals surface area contributed by atoms with Crippen molar-refractivity contribution in [2.24, 2.45) is 0 Å². The summed E-state index contributed by atoms with van der Waals surface area (Å²) in [7, 11) is -4.09. The first kappa shape index (κ1) is 30.5. The maximum absolute atomic E-state index is 13.6. The predicted octanol–water partition coefficient (Wildman–Crippen LogP) is 6.97. The lowest BCUT2D eigenvalue weighted by atomic mass is 10.1. The van der Waals surface area contributed by atoms with E-state index >= 15 is 0 Å². The third-order valence-corrected chi connectivity index (χ3v) is 8.17. The summed E-state index contributed by atoms with van der Waals surface area (Å²) in [6.45, 7) is 1.45. The average molecular weight is 635 g/mol. The SMILES string of the molecule is CC(=O)Nc1ccc(S(=O)(=O)Nc2ccc(Cl)cc2CN(Cc2ccco2)C(=O)c2ccccc2Cl)cc1CCCl. The minimum Gasteiger partial charge on any atom is -0.467 e. The summed E-state index contributed by atoms with van der Waals surface area (Å²) in [5, 5.41) is 3.33. The lowest BCUT2D eigenvalue weighted by Gasteiger charge is -2.24. The molecule has 2 amide bonds. The number of carbonyl (C=O) groups is 2. The molecular formula is C29H26Cl3N3O5S. The molecule has 214 valence electrons. The Bertz CT molecular complexity index is 1660. The van der Waals surface area contributed by atoms with E-state index in [1.165, 1.54) is 42.4 Å². The maximum Gasteiger partial charge on any atom is 0.261 e. The number of aryl methyl sites for hydroxylation is 1. The van der Waals surface area contributed by atoms with E-state index in [0.29, 0.717) is 34.0 Å². The molecule has 0 fully saturated rings. The molecule has 0 spiro atoms. The first-order chi connectivity index (χ1) is 19.6. The fourth-order valence-electron chi connectivity index (χ4n) is 4.15. The van der Waals surface area contributed by atoms with Crippen LogP contribution in [0.5, 0.6) is 0 Å². The fraction of sp³-hybridized carbons (Fsp3) is 0.172. The fourth-order valence-corrected chi connectivity index (χ4v) is 5.92. The summed E-state index contributed by atoms with van der Waals surface area (Å²) in [5.41, 5.74) is 2.02. The van der Waals surface area contributed by atoms with Gasteiger partial charge in [0.15, 0.2) is 0 Å². The smallest absolute Gasteiger partial charge is 0.261 e. The zero-order valence-electron chi connectivity index (χ0n) is 21.9. The van der Waals surface area contributed by atoms with E-state index in [2.05, 4.69) is 10.0 Å². The summed E-state index contributed by atoms with van der Waals surface area (Å²) < 4.78 is 35.1. The molecule has 0 saturated carbocycles. The van der Waals surface area contributed by atoms with Crippen LogP contribution in [0.1, 0.15) is 34.2 Å². The second-order valence-corrected chi connectivity index (χ2v) is 12.0. The van der Waals surface area contributed by atoms with Crippen LogP contribution in [-0.4, -0.2) is 31.0 Å². The summed E-state index contributed by atoms with van der Waals surface area (Å²) in [4.78, 5) is 26.6. The van der Waals surface area contributed by atoms with Crippen molar-refractivity contribution in [3.8, 4) is 0 Å². The Balaban J connectivity index is 1.68. The van der Waals surface area contributed by atoms with Crippen molar-refractivity contribution in [2.45, 2.75) is 31.3 Å². The monoisotopic (exact) mass is 633 g/mol. The van der Waals surface area contributed by atoms with Crippen molar-refractivity contribution in [1.29, 1.82) is 0 Å². The highest BCUT2D eigenvalue weighted by Gasteiger charge is 2.23. The van der Waals surface area contributed by atoms with Crippen LogP contribution in [0.2, 0.25) is 10.0 Å². The quantitative estimate of drug-likeness (QED) is 0.173. The largest absolute Gasteiger partial charge is 0.467 e. The molecule has 2 N–H and O–H groups in total. The van der Waals surface area contributed by atoms with E-state index in [4.69, 9.17) is 39.2 Å². The summed E-state index contributed by atoms with van der Waals surface area (Å²) in [6.07, 6.45) is 1.85. The number of hydrogen-bond donors (Lipinski definition) is 2. The minimum absolute atomic E-state index is 0.0118. The molecule has 12 heteroatoms. The number of benzene rings is 3. The lowest BCUT2D eigenvalue weighted by Crippen LogP contribution is -2.30. The van der Waals surface area contributed by atoms with E-state index in [1.807, 2.05) is 0 Å². The van der Waals surface area contributed by atoms with Crippen LogP contribution >= 0.6 is 34.8 Å². The summed E-state index contributed by atoms with van der Waals surface area (Å²) >= 11 is 18.5. The van der Waals surface area contributed by atoms with Gasteiger partial charge in [0.05, 0.1) is 34.0 Å². The summed E-state index contributed by atoms with van der Waals surface area (Å²) in [6, 6.07) is 19.2. The van der Waals surface area contributed by atoms with Gasteiger partial charge in [0.1, 0.15) is 5.76 Å². The number of nitrogens with zero attached hydrogens (tertiary/aromatic N) is 1. The number of anilines is 2. The molecular weight excluding hydrogens is 609 g/mol. The van der Waals surface area contributed by atoms with Crippen LogP contribution < -0.4 is 10.0 Å². The molecule has 0 aliphatic rings. The molecule has 0 aliphatic carbocycles. The third kappa shape index (κ3) is 7.83. The second kappa shape index (κ2) is 13.4. The third-order valence-electron chi connectivity index (χ3n) is 6.05. The Morgan fingerprint density at radius 1 is 0.902 bits per heavy atom. The molecule has 3 aromatic carbocycles. The first-order valence-corrected chi connectivity index (χ1v) is 15.2. The maximum atomic E-state index is 13.6. The number of rotatable bonds is 11. The zero-order valence-corrected chi connectivity index (χ0v) is 24.9. The van der Waals surface area contributed by atoms with Crippen LogP contribution in [0.15, 0.2) is 88.4 Å². The highest BCUT2D eigenvalue weighted by Crippen LogP contribution is 2.29. The standard InChI is InChI=1S/C29H26Cl3N3O5S/c1-19(36)33-27-11-9-24(16-20(27)12-13-30)41(38,39)34-28-10-8-22(31)15-21(28)17-35(18-23-5-4-14-40-23)29(37)25-6-2-3-7-26(25)32/h2-11,14-16,34H,12-13,17-18H2,1H3,(H,33,36). The number of amides is 2. The van der Waals surface area contributed by atoms with Crippen LogP contribution in [0.25, 0.3) is 0 Å². The van der Waals surface area contributed by atoms with Gasteiger partial charge in [-0.25, -0.2) is 8.42 Å². The van der Waals surface area contributed by atoms with Gasteiger partial charge in [0.25, 0.3) is 15.9 Å². The molecule has 0 bridgehead atoms. The van der Waals surface area contributed by atoms with Crippen LogP contribution in [0.4, 0.5) is 11.4 Å². The van der Waals surface area contributed by atoms with Crippen molar-refractivity contribution in [2.75, 3.05) is 15.9 Å². The number of alkyl halides is 1. The lowest BCUT2D eigenvalue weighted by molar-refractivity contribution is -0.114. The number of furan rings is 1. The molecule has 8 nitrogen and oxygen atoms in total. The van der Waals surface area contributed by atoms with Gasteiger partial charge in [-0.15, -0.1) is 11.6 Å². The Kier molecular flexibility index (Phi) is 9.99. The van der Waals surface area contributed by atoms with Crippen molar-refractivity contribution in [3.63, 3.8) is 0 Å². The molecule has 0 aliphatic heterocycles. The first-order valence-electron chi connectivity index (χ1n) is 12.4. The molecule has 41 heavy (non-hydrogen) atoms. The van der Waals surface area contributed by atoms with Gasteiger partial charge >= 0.3 is 0 Å². The number of nitrogens with one attached hydrogen (secondary N) is 2. The van der Waals surface area contributed by atoms with Gasteiger partial charge in [-0.2, -0.15) is 0 Å². The van der Waals surface area contributed by atoms with Gasteiger partial charge in [-0.1, -0.05) is 35.3 Å². The molecule has 0 unspecified atom stereocenters. The van der Waals surface area contributed by atoms with Gasteiger partial charge < -0.3 is 14.6 Å². The van der Waals surface area contributed by atoms with Crippen molar-refractivity contribution in [1.82, 2.24) is 4.90 Å². The summed E-state index contributed by atoms with van der Waals surface area (Å²) in [5.74, 6) is 0.0991. The number of halogens is 3. The molecule has 4 rings (SSSR count). The zero-order chi connectivity index (χ0) is 29.6. The predicted molar refractivity (Wildman–Crippen MR) is 161 cm³/mol. The van der Waals surface area contributed by atoms with Gasteiger partial charge in [-0.3, -0.25) is 14.3 Å². The van der Waals surface area contributed by atoms with E-state index < -0.39 is 10.0 Å². The van der Waals surface area contributed by atoms with Gasteiger partial charge in [0, 0.05) is 30.1 Å².